The van der Waals surface area contributed by atoms with Gasteiger partial charge in [-0.1, -0.05) is 26.0 Å². The molecule has 0 aromatic carbocycles. The van der Waals surface area contributed by atoms with Gasteiger partial charge in [-0.3, -0.25) is 4.98 Å². The molecule has 0 saturated carbocycles. The highest BCUT2D eigenvalue weighted by atomic mass is 19.1. The van der Waals surface area contributed by atoms with Crippen LogP contribution in [0.3, 0.4) is 0 Å². The number of rotatable bonds is 5. The van der Waals surface area contributed by atoms with Crippen molar-refractivity contribution in [3.8, 4) is 0 Å². The number of nitrogens with one attached hydrogen (secondary N) is 1. The molecule has 0 aliphatic carbocycles. The van der Waals surface area contributed by atoms with Crippen LogP contribution in [0.15, 0.2) is 24.5 Å². The number of nitrogens with zero attached hydrogens (tertiary/aromatic N) is 1. The average Bonchev–Trinajstić information content (AvgIpc) is 2.17. The van der Waals surface area contributed by atoms with Crippen molar-refractivity contribution in [2.24, 2.45) is 0 Å². The van der Waals surface area contributed by atoms with Crippen LogP contribution in [-0.4, -0.2) is 17.6 Å². The maximum atomic E-state index is 12.7. The lowest BCUT2D eigenvalue weighted by atomic mass is 10.2. The highest BCUT2D eigenvalue weighted by Gasteiger charge is 1.91. The van der Waals surface area contributed by atoms with Crippen molar-refractivity contribution in [2.75, 3.05) is 6.54 Å². The summed E-state index contributed by atoms with van der Waals surface area (Å²) in [6, 6.07) is 1.98. The average molecular weight is 208 g/mol. The van der Waals surface area contributed by atoms with Gasteiger partial charge in [0.15, 0.2) is 0 Å². The van der Waals surface area contributed by atoms with Crippen LogP contribution >= 0.6 is 0 Å². The Morgan fingerprint density at radius 2 is 2.27 bits per heavy atom. The predicted octanol–water partition coefficient (Wildman–Crippen LogP) is 2.62. The van der Waals surface area contributed by atoms with Crippen LogP contribution in [0, 0.1) is 5.82 Å². The lowest BCUT2D eigenvalue weighted by molar-refractivity contribution is 0.595. The van der Waals surface area contributed by atoms with E-state index in [1.807, 2.05) is 12.2 Å². The van der Waals surface area contributed by atoms with Crippen LogP contribution in [-0.2, 0) is 0 Å². The summed E-state index contributed by atoms with van der Waals surface area (Å²) in [6.45, 7) is 5.16. The SMILES string of the molecule is CC(C)NCCC=Cc1cncc(F)c1. The van der Waals surface area contributed by atoms with Gasteiger partial charge in [-0.25, -0.2) is 4.39 Å². The van der Waals surface area contributed by atoms with Gasteiger partial charge in [-0.15, -0.1) is 0 Å². The second kappa shape index (κ2) is 6.30. The Kier molecular flexibility index (Phi) is 4.98. The lowest BCUT2D eigenvalue weighted by Gasteiger charge is -2.04. The molecule has 0 aliphatic rings. The van der Waals surface area contributed by atoms with E-state index in [9.17, 15) is 4.39 Å². The van der Waals surface area contributed by atoms with Crippen molar-refractivity contribution in [3.05, 3.63) is 35.9 Å². The van der Waals surface area contributed by atoms with Crippen LogP contribution in [0.2, 0.25) is 0 Å². The minimum Gasteiger partial charge on any atom is -0.314 e. The first-order valence-corrected chi connectivity index (χ1v) is 5.19. The number of aromatic nitrogens is 1. The first-order valence-electron chi connectivity index (χ1n) is 5.19. The molecule has 1 rings (SSSR count). The van der Waals surface area contributed by atoms with E-state index in [4.69, 9.17) is 0 Å². The molecule has 82 valence electrons. The third-order valence-corrected chi connectivity index (χ3v) is 1.90. The molecule has 0 aliphatic heterocycles. The van der Waals surface area contributed by atoms with Crippen LogP contribution < -0.4 is 5.32 Å². The minimum atomic E-state index is -0.294. The summed E-state index contributed by atoms with van der Waals surface area (Å²) in [5, 5.41) is 3.30. The highest BCUT2D eigenvalue weighted by Crippen LogP contribution is 2.03. The molecule has 0 unspecified atom stereocenters. The monoisotopic (exact) mass is 208 g/mol. The maximum Gasteiger partial charge on any atom is 0.142 e. The predicted molar refractivity (Wildman–Crippen MR) is 61.0 cm³/mol. The summed E-state index contributed by atoms with van der Waals surface area (Å²) >= 11 is 0. The highest BCUT2D eigenvalue weighted by molar-refractivity contribution is 5.47. The zero-order chi connectivity index (χ0) is 11.1. The fourth-order valence-corrected chi connectivity index (χ4v) is 1.19. The van der Waals surface area contributed by atoms with Crippen molar-refractivity contribution in [2.45, 2.75) is 26.3 Å². The number of hydrogen-bond acceptors (Lipinski definition) is 2. The van der Waals surface area contributed by atoms with E-state index >= 15 is 0 Å². The summed E-state index contributed by atoms with van der Waals surface area (Å²) in [5.41, 5.74) is 0.805. The zero-order valence-electron chi connectivity index (χ0n) is 9.20. The molecule has 1 N–H and O–H groups in total. The third-order valence-electron chi connectivity index (χ3n) is 1.90. The normalized spacial score (nSPS) is 11.5. The van der Waals surface area contributed by atoms with Crippen molar-refractivity contribution in [1.82, 2.24) is 10.3 Å². The molecule has 0 atom stereocenters. The van der Waals surface area contributed by atoms with Crippen LogP contribution in [0.5, 0.6) is 0 Å². The van der Waals surface area contributed by atoms with Gasteiger partial charge < -0.3 is 5.32 Å². The fourth-order valence-electron chi connectivity index (χ4n) is 1.19. The van der Waals surface area contributed by atoms with Crippen molar-refractivity contribution >= 4 is 6.08 Å². The van der Waals surface area contributed by atoms with Crippen LogP contribution in [0.25, 0.3) is 6.08 Å². The van der Waals surface area contributed by atoms with E-state index in [2.05, 4.69) is 24.1 Å². The largest absolute Gasteiger partial charge is 0.314 e. The minimum absolute atomic E-state index is 0.294. The Labute approximate surface area is 90.2 Å². The first kappa shape index (κ1) is 11.9. The molecule has 0 bridgehead atoms. The molecule has 1 heterocycles. The summed E-state index contributed by atoms with van der Waals surface area (Å²) in [4.78, 5) is 3.77. The van der Waals surface area contributed by atoms with Gasteiger partial charge in [0.1, 0.15) is 5.82 Å². The van der Waals surface area contributed by atoms with Gasteiger partial charge in [0, 0.05) is 12.2 Å². The smallest absolute Gasteiger partial charge is 0.142 e. The van der Waals surface area contributed by atoms with Gasteiger partial charge >= 0.3 is 0 Å². The van der Waals surface area contributed by atoms with E-state index in [-0.39, 0.29) is 5.82 Å². The lowest BCUT2D eigenvalue weighted by Crippen LogP contribution is -2.23. The van der Waals surface area contributed by atoms with Gasteiger partial charge in [-0.2, -0.15) is 0 Å². The van der Waals surface area contributed by atoms with E-state index < -0.39 is 0 Å². The quantitative estimate of drug-likeness (QED) is 0.752. The summed E-state index contributed by atoms with van der Waals surface area (Å²) in [6.07, 6.45) is 7.70. The van der Waals surface area contributed by atoms with Crippen molar-refractivity contribution in [1.29, 1.82) is 0 Å². The molecule has 0 saturated heterocycles. The third kappa shape index (κ3) is 5.27. The van der Waals surface area contributed by atoms with Gasteiger partial charge in [-0.05, 0) is 24.6 Å². The Bertz CT molecular complexity index is 321. The summed E-state index contributed by atoms with van der Waals surface area (Å²) < 4.78 is 12.7. The van der Waals surface area contributed by atoms with E-state index in [0.717, 1.165) is 18.5 Å². The zero-order valence-corrected chi connectivity index (χ0v) is 9.20. The number of pyridine rings is 1. The Hall–Kier alpha value is -1.22. The van der Waals surface area contributed by atoms with Gasteiger partial charge in [0.05, 0.1) is 6.20 Å². The topological polar surface area (TPSA) is 24.9 Å². The van der Waals surface area contributed by atoms with E-state index in [1.165, 1.54) is 12.3 Å². The summed E-state index contributed by atoms with van der Waals surface area (Å²) in [7, 11) is 0. The second-order valence-corrected chi connectivity index (χ2v) is 3.74. The standard InChI is InChI=1S/C12H17FN2/c1-10(2)15-6-4-3-5-11-7-12(13)9-14-8-11/h3,5,7-10,15H,4,6H2,1-2H3. The second-order valence-electron chi connectivity index (χ2n) is 3.74. The molecule has 2 nitrogen and oxygen atoms in total. The van der Waals surface area contributed by atoms with Gasteiger partial charge in [0.25, 0.3) is 0 Å². The molecule has 0 amide bonds. The van der Waals surface area contributed by atoms with E-state index in [1.54, 1.807) is 6.20 Å². The Morgan fingerprint density at radius 1 is 1.47 bits per heavy atom. The molecule has 0 radical (unpaired) electrons. The molecular weight excluding hydrogens is 191 g/mol. The van der Waals surface area contributed by atoms with Crippen LogP contribution in [0.4, 0.5) is 4.39 Å². The number of hydrogen-bond donors (Lipinski definition) is 1. The Morgan fingerprint density at radius 3 is 2.93 bits per heavy atom. The molecule has 3 heteroatoms. The molecular formula is C12H17FN2. The molecule has 0 spiro atoms. The molecule has 1 aromatic heterocycles. The Balaban J connectivity index is 2.32. The molecule has 1 aromatic rings. The van der Waals surface area contributed by atoms with Crippen molar-refractivity contribution in [3.63, 3.8) is 0 Å². The summed E-state index contributed by atoms with van der Waals surface area (Å²) in [5.74, 6) is -0.294. The van der Waals surface area contributed by atoms with Crippen LogP contribution in [0.1, 0.15) is 25.8 Å². The van der Waals surface area contributed by atoms with Crippen molar-refractivity contribution < 1.29 is 4.39 Å². The van der Waals surface area contributed by atoms with E-state index in [0.29, 0.717) is 6.04 Å². The molecule has 0 fully saturated rings. The maximum absolute atomic E-state index is 12.7. The number of halogens is 1. The first-order chi connectivity index (χ1) is 7.18. The fraction of sp³-hybridized carbons (Fsp3) is 0.417. The van der Waals surface area contributed by atoms with Gasteiger partial charge in [0.2, 0.25) is 0 Å². The molecule has 15 heavy (non-hydrogen) atoms.